The Morgan fingerprint density at radius 2 is 2.32 bits per heavy atom. The highest BCUT2D eigenvalue weighted by molar-refractivity contribution is 5.75. The minimum absolute atomic E-state index is 0.232. The first-order chi connectivity index (χ1) is 9.36. The second-order valence-electron chi connectivity index (χ2n) is 5.97. The van der Waals surface area contributed by atoms with Crippen molar-refractivity contribution in [2.75, 3.05) is 26.3 Å². The Labute approximate surface area is 112 Å². The third-order valence-corrected chi connectivity index (χ3v) is 4.63. The Bertz CT molecular complexity index is 582. The van der Waals surface area contributed by atoms with Crippen molar-refractivity contribution in [2.24, 2.45) is 5.92 Å². The fraction of sp³-hybridized carbons (Fsp3) is 0.533. The number of hydrogen-bond donors (Lipinski definition) is 2. The Hall–Kier alpha value is -1.39. The van der Waals surface area contributed by atoms with E-state index in [1.807, 2.05) is 0 Å². The van der Waals surface area contributed by atoms with Gasteiger partial charge in [-0.05, 0) is 49.5 Å². The number of H-pyrrole nitrogens is 1. The Morgan fingerprint density at radius 3 is 3.05 bits per heavy atom. The van der Waals surface area contributed by atoms with Crippen molar-refractivity contribution >= 4 is 11.0 Å². The molecule has 1 aromatic carbocycles. The molecule has 0 bridgehead atoms. The number of ether oxygens (including phenoxy) is 1. The average Bonchev–Trinajstić information content (AvgIpc) is 3.04. The van der Waals surface area contributed by atoms with Crippen molar-refractivity contribution < 1.29 is 4.74 Å². The average molecular weight is 257 g/mol. The molecule has 2 aromatic rings. The van der Waals surface area contributed by atoms with Gasteiger partial charge in [-0.3, -0.25) is 0 Å². The molecule has 0 radical (unpaired) electrons. The highest BCUT2D eigenvalue weighted by Gasteiger charge is 2.42. The summed E-state index contributed by atoms with van der Waals surface area (Å²) in [5.41, 5.74) is 3.81. The van der Waals surface area contributed by atoms with Crippen LogP contribution in [0.3, 0.4) is 0 Å². The predicted molar refractivity (Wildman–Crippen MR) is 74.2 cm³/mol. The number of rotatable bonds is 3. The summed E-state index contributed by atoms with van der Waals surface area (Å²) >= 11 is 0. The van der Waals surface area contributed by atoms with Gasteiger partial charge in [0, 0.05) is 5.41 Å². The molecule has 0 spiro atoms. The molecule has 0 aliphatic carbocycles. The number of aromatic amines is 1. The van der Waals surface area contributed by atoms with Crippen LogP contribution in [0.25, 0.3) is 11.0 Å². The highest BCUT2D eigenvalue weighted by atomic mass is 16.5. The summed E-state index contributed by atoms with van der Waals surface area (Å²) in [4.78, 5) is 7.50. The van der Waals surface area contributed by atoms with Crippen LogP contribution in [-0.2, 0) is 10.2 Å². The first-order valence-corrected chi connectivity index (χ1v) is 7.08. The summed E-state index contributed by atoms with van der Waals surface area (Å²) in [6, 6.07) is 6.61. The largest absolute Gasteiger partial charge is 0.379 e. The van der Waals surface area contributed by atoms with Gasteiger partial charge in [0.15, 0.2) is 0 Å². The molecule has 1 atom stereocenters. The molecule has 2 aliphatic rings. The van der Waals surface area contributed by atoms with Crippen LogP contribution in [0.4, 0.5) is 0 Å². The number of hydrogen-bond acceptors (Lipinski definition) is 3. The minimum Gasteiger partial charge on any atom is -0.379 e. The maximum Gasteiger partial charge on any atom is 0.0931 e. The van der Waals surface area contributed by atoms with E-state index in [-0.39, 0.29) is 5.41 Å². The lowest BCUT2D eigenvalue weighted by atomic mass is 9.72. The summed E-state index contributed by atoms with van der Waals surface area (Å²) in [7, 11) is 0. The molecule has 4 heteroatoms. The van der Waals surface area contributed by atoms with Crippen LogP contribution in [0.5, 0.6) is 0 Å². The van der Waals surface area contributed by atoms with Gasteiger partial charge in [0.25, 0.3) is 0 Å². The van der Waals surface area contributed by atoms with E-state index >= 15 is 0 Å². The molecule has 1 unspecified atom stereocenters. The number of benzene rings is 1. The number of aromatic nitrogens is 2. The van der Waals surface area contributed by atoms with Crippen LogP contribution in [0.1, 0.15) is 18.4 Å². The Kier molecular flexibility index (Phi) is 2.60. The molecule has 3 heterocycles. The zero-order chi connectivity index (χ0) is 12.7. The van der Waals surface area contributed by atoms with Crippen molar-refractivity contribution in [3.8, 4) is 0 Å². The van der Waals surface area contributed by atoms with Crippen LogP contribution in [-0.4, -0.2) is 36.3 Å². The van der Waals surface area contributed by atoms with E-state index in [0.29, 0.717) is 0 Å². The molecule has 4 rings (SSSR count). The third kappa shape index (κ3) is 1.86. The molecule has 4 nitrogen and oxygen atoms in total. The van der Waals surface area contributed by atoms with Crippen molar-refractivity contribution in [1.29, 1.82) is 0 Å². The van der Waals surface area contributed by atoms with Gasteiger partial charge in [-0.25, -0.2) is 4.98 Å². The molecule has 0 saturated carbocycles. The zero-order valence-electron chi connectivity index (χ0n) is 11.0. The maximum atomic E-state index is 5.55. The van der Waals surface area contributed by atoms with Crippen molar-refractivity contribution in [1.82, 2.24) is 15.3 Å². The summed E-state index contributed by atoms with van der Waals surface area (Å²) < 4.78 is 5.55. The molecular formula is C15H19N3O. The van der Waals surface area contributed by atoms with Crippen LogP contribution in [0.2, 0.25) is 0 Å². The van der Waals surface area contributed by atoms with E-state index in [9.17, 15) is 0 Å². The number of nitrogens with one attached hydrogen (secondary N) is 2. The molecule has 2 aliphatic heterocycles. The fourth-order valence-electron chi connectivity index (χ4n) is 3.46. The maximum absolute atomic E-state index is 5.55. The topological polar surface area (TPSA) is 49.9 Å². The van der Waals surface area contributed by atoms with E-state index in [4.69, 9.17) is 4.74 Å². The van der Waals surface area contributed by atoms with Gasteiger partial charge in [-0.15, -0.1) is 0 Å². The van der Waals surface area contributed by atoms with Crippen LogP contribution in [0.15, 0.2) is 24.5 Å². The van der Waals surface area contributed by atoms with E-state index in [0.717, 1.165) is 36.7 Å². The zero-order valence-corrected chi connectivity index (χ0v) is 11.0. The lowest BCUT2D eigenvalue weighted by molar-refractivity contribution is -0.0705. The summed E-state index contributed by atoms with van der Waals surface area (Å²) in [6.45, 7) is 4.06. The third-order valence-electron chi connectivity index (χ3n) is 4.63. The second-order valence-corrected chi connectivity index (χ2v) is 5.97. The van der Waals surface area contributed by atoms with Crippen LogP contribution in [0, 0.1) is 5.92 Å². The SMILES string of the molecule is c1nc2ccc(C3(CC4CCNC4)COC3)cc2[nH]1. The summed E-state index contributed by atoms with van der Waals surface area (Å²) in [5, 5.41) is 3.46. The van der Waals surface area contributed by atoms with Crippen LogP contribution >= 0.6 is 0 Å². The highest BCUT2D eigenvalue weighted by Crippen LogP contribution is 2.40. The van der Waals surface area contributed by atoms with Crippen LogP contribution < -0.4 is 5.32 Å². The van der Waals surface area contributed by atoms with Gasteiger partial charge < -0.3 is 15.0 Å². The second kappa shape index (κ2) is 4.32. The smallest absolute Gasteiger partial charge is 0.0931 e. The molecule has 100 valence electrons. The molecule has 2 fully saturated rings. The minimum atomic E-state index is 0.232. The summed E-state index contributed by atoms with van der Waals surface area (Å²) in [6.07, 6.45) is 4.30. The first-order valence-electron chi connectivity index (χ1n) is 7.08. The predicted octanol–water partition coefficient (Wildman–Crippen LogP) is 1.83. The van der Waals surface area contributed by atoms with E-state index in [2.05, 4.69) is 33.5 Å². The van der Waals surface area contributed by atoms with Gasteiger partial charge in [0.1, 0.15) is 0 Å². The monoisotopic (exact) mass is 257 g/mol. The van der Waals surface area contributed by atoms with Crippen molar-refractivity contribution in [3.05, 3.63) is 30.1 Å². The normalized spacial score (nSPS) is 25.6. The number of nitrogens with zero attached hydrogens (tertiary/aromatic N) is 1. The molecule has 2 saturated heterocycles. The van der Waals surface area contributed by atoms with E-state index in [1.165, 1.54) is 24.9 Å². The molecular weight excluding hydrogens is 238 g/mol. The Balaban J connectivity index is 1.66. The van der Waals surface area contributed by atoms with Crippen molar-refractivity contribution in [2.45, 2.75) is 18.3 Å². The lowest BCUT2D eigenvalue weighted by Crippen LogP contribution is -2.48. The van der Waals surface area contributed by atoms with Gasteiger partial charge in [-0.1, -0.05) is 6.07 Å². The Morgan fingerprint density at radius 1 is 1.37 bits per heavy atom. The standard InChI is InChI=1S/C15H19N3O/c1-2-13-14(18-10-17-13)5-12(1)15(8-19-9-15)6-11-3-4-16-7-11/h1-2,5,10-11,16H,3-4,6-9H2,(H,17,18). The first kappa shape index (κ1) is 11.4. The number of fused-ring (bicyclic) bond motifs is 1. The van der Waals surface area contributed by atoms with Gasteiger partial charge in [0.2, 0.25) is 0 Å². The van der Waals surface area contributed by atoms with E-state index < -0.39 is 0 Å². The van der Waals surface area contributed by atoms with Gasteiger partial charge in [0.05, 0.1) is 30.6 Å². The van der Waals surface area contributed by atoms with E-state index in [1.54, 1.807) is 6.33 Å². The van der Waals surface area contributed by atoms with Gasteiger partial charge in [-0.2, -0.15) is 0 Å². The summed E-state index contributed by atoms with van der Waals surface area (Å²) in [5.74, 6) is 0.793. The van der Waals surface area contributed by atoms with Crippen molar-refractivity contribution in [3.63, 3.8) is 0 Å². The molecule has 1 aromatic heterocycles. The fourth-order valence-corrected chi connectivity index (χ4v) is 3.46. The molecule has 2 N–H and O–H groups in total. The molecule has 19 heavy (non-hydrogen) atoms. The molecule has 0 amide bonds. The quantitative estimate of drug-likeness (QED) is 0.882. The number of imidazole rings is 1. The lowest BCUT2D eigenvalue weighted by Gasteiger charge is -2.43. The van der Waals surface area contributed by atoms with Gasteiger partial charge >= 0.3 is 0 Å².